The van der Waals surface area contributed by atoms with Crippen LogP contribution in [0.1, 0.15) is 6.23 Å². The number of rotatable bonds is 2. The highest BCUT2D eigenvalue weighted by Gasteiger charge is 2.43. The second-order valence-corrected chi connectivity index (χ2v) is 4.11. The number of fused-ring (bicyclic) bond motifs is 1. The van der Waals surface area contributed by atoms with Crippen LogP contribution in [0.4, 0.5) is 0 Å². The Bertz CT molecular complexity index is 560. The molecule has 0 aromatic carbocycles. The van der Waals surface area contributed by atoms with Gasteiger partial charge in [0.25, 0.3) is 0 Å². The molecule has 1 saturated heterocycles. The van der Waals surface area contributed by atoms with Crippen molar-refractivity contribution in [3.05, 3.63) is 18.9 Å². The Balaban J connectivity index is 2.00. The Morgan fingerprint density at radius 3 is 2.83 bits per heavy atom. The predicted molar refractivity (Wildman–Crippen MR) is 58.3 cm³/mol. The molecule has 0 spiro atoms. The van der Waals surface area contributed by atoms with E-state index in [2.05, 4.69) is 15.0 Å². The number of hydrogen-bond acceptors (Lipinski definition) is 7. The fourth-order valence-corrected chi connectivity index (χ4v) is 2.08. The first-order valence-corrected chi connectivity index (χ1v) is 5.47. The van der Waals surface area contributed by atoms with Gasteiger partial charge in [0.05, 0.1) is 19.1 Å². The average Bonchev–Trinajstić information content (AvgIpc) is 2.93. The smallest absolute Gasteiger partial charge is 0.165 e. The Morgan fingerprint density at radius 1 is 1.28 bits per heavy atom. The molecule has 1 fully saturated rings. The molecule has 2 aromatic rings. The van der Waals surface area contributed by atoms with Gasteiger partial charge in [-0.05, 0) is 0 Å². The SMILES string of the molecule is OC[C@H]1O[C@H](n2cnc3cncnc32)[C@H](O)[C@H]1O. The highest BCUT2D eigenvalue weighted by Crippen LogP contribution is 2.30. The first kappa shape index (κ1) is 11.5. The molecule has 0 radical (unpaired) electrons. The zero-order valence-corrected chi connectivity index (χ0v) is 9.29. The first-order valence-electron chi connectivity index (χ1n) is 5.47. The molecular formula is C10H12N4O4. The molecular weight excluding hydrogens is 240 g/mol. The summed E-state index contributed by atoms with van der Waals surface area (Å²) in [6, 6.07) is 0. The normalized spacial score (nSPS) is 32.2. The molecule has 0 saturated carbocycles. The molecule has 8 heteroatoms. The minimum Gasteiger partial charge on any atom is -0.394 e. The van der Waals surface area contributed by atoms with E-state index in [-0.39, 0.29) is 6.61 Å². The van der Waals surface area contributed by atoms with Crippen molar-refractivity contribution in [3.63, 3.8) is 0 Å². The maximum atomic E-state index is 9.91. The summed E-state index contributed by atoms with van der Waals surface area (Å²) in [4.78, 5) is 12.0. The minimum atomic E-state index is -1.14. The third-order valence-electron chi connectivity index (χ3n) is 3.03. The molecule has 0 bridgehead atoms. The number of nitrogens with zero attached hydrogens (tertiary/aromatic N) is 4. The first-order chi connectivity index (χ1) is 8.72. The van der Waals surface area contributed by atoms with Crippen molar-refractivity contribution >= 4 is 11.2 Å². The number of aliphatic hydroxyl groups is 3. The van der Waals surface area contributed by atoms with Crippen LogP contribution in [-0.2, 0) is 4.74 Å². The van der Waals surface area contributed by atoms with E-state index in [1.54, 1.807) is 6.20 Å². The zero-order chi connectivity index (χ0) is 12.7. The standard InChI is InChI=1S/C10H12N4O4/c15-2-6-7(16)8(17)10(18-6)14-4-13-5-1-11-3-12-9(5)14/h1,3-4,6-8,10,15-17H,2H2/t6-,7+,8-,10+/m1/s1. The lowest BCUT2D eigenvalue weighted by Gasteiger charge is -2.16. The average molecular weight is 252 g/mol. The van der Waals surface area contributed by atoms with E-state index in [0.717, 1.165) is 0 Å². The van der Waals surface area contributed by atoms with Gasteiger partial charge in [0.2, 0.25) is 0 Å². The topological polar surface area (TPSA) is 114 Å². The maximum Gasteiger partial charge on any atom is 0.165 e. The van der Waals surface area contributed by atoms with Gasteiger partial charge in [-0.1, -0.05) is 0 Å². The summed E-state index contributed by atoms with van der Waals surface area (Å²) in [5.41, 5.74) is 1.06. The van der Waals surface area contributed by atoms with E-state index in [9.17, 15) is 10.2 Å². The number of aromatic nitrogens is 4. The van der Waals surface area contributed by atoms with Crippen LogP contribution in [0.15, 0.2) is 18.9 Å². The highest BCUT2D eigenvalue weighted by atomic mass is 16.6. The summed E-state index contributed by atoms with van der Waals surface area (Å²) < 4.78 is 6.91. The molecule has 0 unspecified atom stereocenters. The van der Waals surface area contributed by atoms with E-state index in [0.29, 0.717) is 11.2 Å². The number of imidazole rings is 1. The zero-order valence-electron chi connectivity index (χ0n) is 9.29. The van der Waals surface area contributed by atoms with E-state index < -0.39 is 24.5 Å². The summed E-state index contributed by atoms with van der Waals surface area (Å²) in [5.74, 6) is 0. The highest BCUT2D eigenvalue weighted by molar-refractivity contribution is 5.68. The molecule has 0 aliphatic carbocycles. The molecule has 3 N–H and O–H groups in total. The van der Waals surface area contributed by atoms with E-state index in [1.165, 1.54) is 17.2 Å². The van der Waals surface area contributed by atoms with Gasteiger partial charge in [-0.2, -0.15) is 0 Å². The lowest BCUT2D eigenvalue weighted by Crippen LogP contribution is -2.33. The Kier molecular flexibility index (Phi) is 2.71. The van der Waals surface area contributed by atoms with Crippen molar-refractivity contribution in [2.45, 2.75) is 24.5 Å². The third kappa shape index (κ3) is 1.58. The van der Waals surface area contributed by atoms with Crippen LogP contribution in [-0.4, -0.2) is 59.8 Å². The predicted octanol–water partition coefficient (Wildman–Crippen LogP) is -1.56. The fraction of sp³-hybridized carbons (Fsp3) is 0.500. The van der Waals surface area contributed by atoms with Crippen molar-refractivity contribution < 1.29 is 20.1 Å². The second-order valence-electron chi connectivity index (χ2n) is 4.11. The summed E-state index contributed by atoms with van der Waals surface area (Å²) in [5, 5.41) is 28.6. The molecule has 96 valence electrons. The van der Waals surface area contributed by atoms with Crippen LogP contribution in [0.25, 0.3) is 11.2 Å². The van der Waals surface area contributed by atoms with Gasteiger partial charge in [0, 0.05) is 0 Å². The summed E-state index contributed by atoms with van der Waals surface area (Å²) in [6.45, 7) is -0.365. The lowest BCUT2D eigenvalue weighted by molar-refractivity contribution is -0.0511. The van der Waals surface area contributed by atoms with Gasteiger partial charge in [0.15, 0.2) is 11.9 Å². The third-order valence-corrected chi connectivity index (χ3v) is 3.03. The van der Waals surface area contributed by atoms with Crippen molar-refractivity contribution in [3.8, 4) is 0 Å². The molecule has 1 aliphatic heterocycles. The Hall–Kier alpha value is -1.61. The van der Waals surface area contributed by atoms with Gasteiger partial charge >= 0.3 is 0 Å². The van der Waals surface area contributed by atoms with Gasteiger partial charge in [-0.15, -0.1) is 0 Å². The van der Waals surface area contributed by atoms with Crippen LogP contribution in [0.3, 0.4) is 0 Å². The van der Waals surface area contributed by atoms with Gasteiger partial charge in [-0.3, -0.25) is 4.57 Å². The van der Waals surface area contributed by atoms with Crippen molar-refractivity contribution in [1.82, 2.24) is 19.5 Å². The van der Waals surface area contributed by atoms with E-state index >= 15 is 0 Å². The molecule has 8 nitrogen and oxygen atoms in total. The van der Waals surface area contributed by atoms with Crippen LogP contribution < -0.4 is 0 Å². The van der Waals surface area contributed by atoms with Crippen LogP contribution in [0.2, 0.25) is 0 Å². The number of aliphatic hydroxyl groups excluding tert-OH is 3. The van der Waals surface area contributed by atoms with Crippen LogP contribution >= 0.6 is 0 Å². The number of hydrogen-bond donors (Lipinski definition) is 3. The fourth-order valence-electron chi connectivity index (χ4n) is 2.08. The van der Waals surface area contributed by atoms with E-state index in [1.807, 2.05) is 0 Å². The second kappa shape index (κ2) is 4.25. The van der Waals surface area contributed by atoms with Crippen molar-refractivity contribution in [2.24, 2.45) is 0 Å². The monoisotopic (exact) mass is 252 g/mol. The lowest BCUT2D eigenvalue weighted by atomic mass is 10.1. The molecule has 18 heavy (non-hydrogen) atoms. The summed E-state index contributed by atoms with van der Waals surface area (Å²) in [7, 11) is 0. The van der Waals surface area contributed by atoms with Gasteiger partial charge in [0.1, 0.15) is 30.2 Å². The Labute approximate surface area is 102 Å². The van der Waals surface area contributed by atoms with Crippen LogP contribution in [0, 0.1) is 0 Å². The Morgan fingerprint density at radius 2 is 2.11 bits per heavy atom. The molecule has 0 amide bonds. The van der Waals surface area contributed by atoms with Crippen molar-refractivity contribution in [1.29, 1.82) is 0 Å². The molecule has 2 aromatic heterocycles. The van der Waals surface area contributed by atoms with Gasteiger partial charge in [-0.25, -0.2) is 15.0 Å². The molecule has 4 atom stereocenters. The quantitative estimate of drug-likeness (QED) is 0.592. The summed E-state index contributed by atoms with van der Waals surface area (Å²) in [6.07, 6.45) is 0.442. The molecule has 1 aliphatic rings. The van der Waals surface area contributed by atoms with Crippen molar-refractivity contribution in [2.75, 3.05) is 6.61 Å². The van der Waals surface area contributed by atoms with E-state index in [4.69, 9.17) is 9.84 Å². The molecule has 3 heterocycles. The minimum absolute atomic E-state index is 0.365. The van der Waals surface area contributed by atoms with Gasteiger partial charge < -0.3 is 20.1 Å². The maximum absolute atomic E-state index is 9.91. The number of ether oxygens (including phenoxy) is 1. The molecule has 3 rings (SSSR count). The largest absolute Gasteiger partial charge is 0.394 e. The summed E-state index contributed by atoms with van der Waals surface area (Å²) >= 11 is 0. The van der Waals surface area contributed by atoms with Crippen LogP contribution in [0.5, 0.6) is 0 Å².